The molecule has 0 amide bonds. The third-order valence-corrected chi connectivity index (χ3v) is 6.80. The van der Waals surface area contributed by atoms with Gasteiger partial charge in [0, 0.05) is 23.9 Å². The van der Waals surface area contributed by atoms with Crippen LogP contribution in [0.4, 0.5) is 0 Å². The van der Waals surface area contributed by atoms with Crippen molar-refractivity contribution in [2.75, 3.05) is 5.75 Å². The van der Waals surface area contributed by atoms with E-state index in [4.69, 9.17) is 14.9 Å². The van der Waals surface area contributed by atoms with E-state index in [9.17, 15) is 9.59 Å². The van der Waals surface area contributed by atoms with Gasteiger partial charge in [-0.1, -0.05) is 73.7 Å². The molecule has 4 rings (SSSR count). The van der Waals surface area contributed by atoms with Gasteiger partial charge in [-0.2, -0.15) is 5.10 Å². The Morgan fingerprint density at radius 2 is 1.62 bits per heavy atom. The Bertz CT molecular complexity index is 1300. The van der Waals surface area contributed by atoms with Gasteiger partial charge in [0.05, 0.1) is 11.6 Å². The number of nitrogens with zero attached hydrogens (tertiary/aromatic N) is 2. The monoisotopic (exact) mass is 514 g/mol. The third kappa shape index (κ3) is 7.57. The van der Waals surface area contributed by atoms with E-state index >= 15 is 0 Å². The minimum absolute atomic E-state index is 0.0576. The Balaban J connectivity index is 1.40. The summed E-state index contributed by atoms with van der Waals surface area (Å²) in [5, 5.41) is 4.77. The standard InChI is InChI=1S/C30H30N2O4S/c1-2-11-29(34)36-35-25-16-9-17-26(22-25)37-21-10-20-32-28(33)19-18-27(31-32)30(23-12-5-3-6-13-23)24-14-7-4-8-15-24/h3-9,12-19,22,30H,2,10-11,20-21H2,1H3. The van der Waals surface area contributed by atoms with Crippen LogP contribution in [0, 0.1) is 0 Å². The molecule has 0 saturated carbocycles. The lowest BCUT2D eigenvalue weighted by Crippen LogP contribution is -2.24. The van der Waals surface area contributed by atoms with Crippen LogP contribution in [0.25, 0.3) is 0 Å². The summed E-state index contributed by atoms with van der Waals surface area (Å²) in [6.07, 6.45) is 1.79. The number of rotatable bonds is 12. The fourth-order valence-electron chi connectivity index (χ4n) is 3.96. The molecule has 0 aliphatic heterocycles. The summed E-state index contributed by atoms with van der Waals surface area (Å²) in [6.45, 7) is 2.42. The molecule has 0 saturated heterocycles. The summed E-state index contributed by atoms with van der Waals surface area (Å²) < 4.78 is 1.56. The fraction of sp³-hybridized carbons (Fsp3) is 0.233. The molecule has 0 spiro atoms. The van der Waals surface area contributed by atoms with Gasteiger partial charge in [-0.15, -0.1) is 11.8 Å². The van der Waals surface area contributed by atoms with Crippen LogP contribution in [0.1, 0.15) is 48.9 Å². The van der Waals surface area contributed by atoms with Crippen molar-refractivity contribution in [2.45, 2.75) is 43.5 Å². The summed E-state index contributed by atoms with van der Waals surface area (Å²) in [5.74, 6) is 0.825. The first-order chi connectivity index (χ1) is 18.1. The first kappa shape index (κ1) is 26.2. The Kier molecular flexibility index (Phi) is 9.54. The van der Waals surface area contributed by atoms with Gasteiger partial charge in [0.2, 0.25) is 0 Å². The van der Waals surface area contributed by atoms with E-state index in [1.54, 1.807) is 28.6 Å². The molecule has 1 heterocycles. The molecule has 4 aromatic rings. The smallest absolute Gasteiger partial charge is 0.287 e. The minimum Gasteiger partial charge on any atom is -0.287 e. The van der Waals surface area contributed by atoms with E-state index < -0.39 is 0 Å². The maximum atomic E-state index is 12.6. The quantitative estimate of drug-likeness (QED) is 0.0964. The molecule has 0 unspecified atom stereocenters. The number of carbonyl (C=O) groups is 1. The van der Waals surface area contributed by atoms with Gasteiger partial charge >= 0.3 is 5.97 Å². The summed E-state index contributed by atoms with van der Waals surface area (Å²) >= 11 is 1.64. The molecule has 0 radical (unpaired) electrons. The number of hydrogen-bond acceptors (Lipinski definition) is 6. The van der Waals surface area contributed by atoms with Gasteiger partial charge in [0.1, 0.15) is 0 Å². The van der Waals surface area contributed by atoms with Crippen molar-refractivity contribution >= 4 is 17.7 Å². The van der Waals surface area contributed by atoms with Gasteiger partial charge in [-0.3, -0.25) is 14.6 Å². The molecular weight excluding hydrogens is 484 g/mol. The number of carbonyl (C=O) groups excluding carboxylic acids is 1. The van der Waals surface area contributed by atoms with Crippen molar-refractivity contribution in [2.24, 2.45) is 0 Å². The maximum absolute atomic E-state index is 12.6. The zero-order chi connectivity index (χ0) is 25.9. The lowest BCUT2D eigenvalue weighted by molar-refractivity contribution is -0.213. The summed E-state index contributed by atoms with van der Waals surface area (Å²) in [5.41, 5.74) is 2.99. The molecule has 0 atom stereocenters. The molecule has 0 aliphatic carbocycles. The summed E-state index contributed by atoms with van der Waals surface area (Å²) in [7, 11) is 0. The molecule has 6 nitrogen and oxygen atoms in total. The molecule has 0 N–H and O–H groups in total. The van der Waals surface area contributed by atoms with E-state index in [0.717, 1.165) is 33.9 Å². The minimum atomic E-state index is -0.387. The Morgan fingerprint density at radius 1 is 0.919 bits per heavy atom. The van der Waals surface area contributed by atoms with Gasteiger partial charge in [-0.05, 0) is 54.0 Å². The summed E-state index contributed by atoms with van der Waals surface area (Å²) in [6, 6.07) is 31.3. The van der Waals surface area contributed by atoms with Gasteiger partial charge in [0.15, 0.2) is 5.75 Å². The van der Waals surface area contributed by atoms with Crippen molar-refractivity contribution in [3.63, 3.8) is 0 Å². The zero-order valence-corrected chi connectivity index (χ0v) is 21.6. The number of benzene rings is 3. The largest absolute Gasteiger partial charge is 0.355 e. The van der Waals surface area contributed by atoms with Crippen molar-refractivity contribution in [1.29, 1.82) is 0 Å². The number of hydrogen-bond donors (Lipinski definition) is 0. The van der Waals surface area contributed by atoms with E-state index in [2.05, 4.69) is 24.3 Å². The molecule has 190 valence electrons. The highest BCUT2D eigenvalue weighted by Crippen LogP contribution is 2.30. The molecular formula is C30H30N2O4S. The molecule has 0 aliphatic rings. The maximum Gasteiger partial charge on any atom is 0.355 e. The molecule has 0 fully saturated rings. The van der Waals surface area contributed by atoms with Crippen molar-refractivity contribution in [1.82, 2.24) is 9.78 Å². The van der Waals surface area contributed by atoms with E-state index in [0.29, 0.717) is 25.1 Å². The van der Waals surface area contributed by atoms with E-state index in [1.165, 1.54) is 0 Å². The highest BCUT2D eigenvalue weighted by molar-refractivity contribution is 7.99. The first-order valence-electron chi connectivity index (χ1n) is 12.4. The average molecular weight is 515 g/mol. The normalized spacial score (nSPS) is 10.9. The van der Waals surface area contributed by atoms with E-state index in [-0.39, 0.29) is 17.4 Å². The van der Waals surface area contributed by atoms with Crippen LogP contribution in [-0.4, -0.2) is 21.5 Å². The lowest BCUT2D eigenvalue weighted by Gasteiger charge is -2.18. The van der Waals surface area contributed by atoms with Crippen molar-refractivity contribution < 1.29 is 14.6 Å². The van der Waals surface area contributed by atoms with Crippen molar-refractivity contribution in [3.05, 3.63) is 124 Å². The molecule has 3 aromatic carbocycles. The highest BCUT2D eigenvalue weighted by Gasteiger charge is 2.19. The molecule has 7 heteroatoms. The second kappa shape index (κ2) is 13.5. The molecule has 0 bridgehead atoms. The average Bonchev–Trinajstić information content (AvgIpc) is 2.93. The highest BCUT2D eigenvalue weighted by atomic mass is 32.2. The third-order valence-electron chi connectivity index (χ3n) is 5.72. The van der Waals surface area contributed by atoms with Crippen LogP contribution in [0.2, 0.25) is 0 Å². The number of aromatic nitrogens is 2. The second-order valence-electron chi connectivity index (χ2n) is 8.54. The Morgan fingerprint density at radius 3 is 2.30 bits per heavy atom. The topological polar surface area (TPSA) is 70.4 Å². The van der Waals surface area contributed by atoms with Crippen LogP contribution in [-0.2, 0) is 16.2 Å². The molecule has 1 aromatic heterocycles. The van der Waals surface area contributed by atoms with Gasteiger partial charge in [-0.25, -0.2) is 9.48 Å². The summed E-state index contributed by atoms with van der Waals surface area (Å²) in [4.78, 5) is 35.1. The Labute approximate surface area is 221 Å². The Hall–Kier alpha value is -3.84. The number of thioether (sulfide) groups is 1. The zero-order valence-electron chi connectivity index (χ0n) is 20.8. The predicted molar refractivity (Wildman–Crippen MR) is 146 cm³/mol. The van der Waals surface area contributed by atoms with Crippen molar-refractivity contribution in [3.8, 4) is 5.75 Å². The van der Waals surface area contributed by atoms with Crippen LogP contribution in [0.15, 0.2) is 107 Å². The lowest BCUT2D eigenvalue weighted by atomic mass is 9.88. The fourth-order valence-corrected chi connectivity index (χ4v) is 4.85. The molecule has 37 heavy (non-hydrogen) atoms. The van der Waals surface area contributed by atoms with Gasteiger partial charge < -0.3 is 0 Å². The van der Waals surface area contributed by atoms with Gasteiger partial charge in [0.25, 0.3) is 5.56 Å². The second-order valence-corrected chi connectivity index (χ2v) is 9.71. The van der Waals surface area contributed by atoms with Crippen LogP contribution in [0.5, 0.6) is 5.75 Å². The first-order valence-corrected chi connectivity index (χ1v) is 13.4. The van der Waals surface area contributed by atoms with Crippen LogP contribution >= 0.6 is 11.8 Å². The van der Waals surface area contributed by atoms with Crippen LogP contribution < -0.4 is 10.4 Å². The van der Waals surface area contributed by atoms with Crippen LogP contribution in [0.3, 0.4) is 0 Å². The van der Waals surface area contributed by atoms with E-state index in [1.807, 2.05) is 67.6 Å². The number of aryl methyl sites for hydroxylation is 1. The predicted octanol–water partition coefficient (Wildman–Crippen LogP) is 6.24. The SMILES string of the molecule is CCCC(=O)OOc1cccc(SCCCn2nc(C(c3ccccc3)c3ccccc3)ccc2=O)c1.